The van der Waals surface area contributed by atoms with Crippen LogP contribution in [0.25, 0.3) is 0 Å². The Labute approximate surface area is 101 Å². The number of rotatable bonds is 6. The fourth-order valence-electron chi connectivity index (χ4n) is 0.419. The maximum Gasteiger partial charge on any atom is 0.0861 e. The van der Waals surface area contributed by atoms with Crippen molar-refractivity contribution < 1.29 is 4.74 Å². The zero-order valence-electron chi connectivity index (χ0n) is 7.96. The molecule has 0 N–H and O–H groups in total. The first-order valence-electron chi connectivity index (χ1n) is 4.12. The Morgan fingerprint density at radius 3 is 1.64 bits per heavy atom. The molecule has 0 atom stereocenters. The summed E-state index contributed by atoms with van der Waals surface area (Å²) in [4.78, 5) is 0. The normalized spacial score (nSPS) is 9.93. The van der Waals surface area contributed by atoms with E-state index in [9.17, 15) is 0 Å². The highest BCUT2D eigenvalue weighted by molar-refractivity contribution is 6.25. The van der Waals surface area contributed by atoms with Crippen molar-refractivity contribution in [2.75, 3.05) is 11.8 Å². The van der Waals surface area contributed by atoms with Gasteiger partial charge < -0.3 is 4.74 Å². The van der Waals surface area contributed by atoms with Crippen LogP contribution in [0.3, 0.4) is 0 Å². The summed E-state index contributed by atoms with van der Waals surface area (Å²) in [6.45, 7) is 3.13. The van der Waals surface area contributed by atoms with Crippen LogP contribution < -0.4 is 0 Å². The molecule has 0 aromatic rings. The van der Waals surface area contributed by atoms with Crippen molar-refractivity contribution in [2.24, 2.45) is 0 Å². The number of hydrogen-bond donors (Lipinski definition) is 0. The molecule has 1 nitrogen and oxygen atoms in total. The number of alkyl halides is 2. The Kier molecular flexibility index (Phi) is 21.7. The molecule has 82 valence electrons. The van der Waals surface area contributed by atoms with Gasteiger partial charge in [0.05, 0.1) is 12.5 Å². The molecule has 0 rings (SSSR count). The summed E-state index contributed by atoms with van der Waals surface area (Å²) in [7, 11) is 0. The molecule has 0 unspecified atom stereocenters. The number of ether oxygens (including phenoxy) is 1. The molecule has 0 aromatic heterocycles. The lowest BCUT2D eigenvalue weighted by atomic mass is 10.5. The van der Waals surface area contributed by atoms with Crippen molar-refractivity contribution in [1.82, 2.24) is 0 Å². The molecule has 0 aliphatic carbocycles. The summed E-state index contributed by atoms with van der Waals surface area (Å²) < 4.78 is 4.96. The van der Waals surface area contributed by atoms with Crippen LogP contribution in [-0.4, -0.2) is 11.8 Å². The zero-order valence-corrected chi connectivity index (χ0v) is 10.2. The molecule has 0 radical (unpaired) electrons. The molecule has 0 aliphatic rings. The van der Waals surface area contributed by atoms with E-state index in [0.717, 1.165) is 12.8 Å². The van der Waals surface area contributed by atoms with E-state index in [1.165, 1.54) is 5.54 Å². The van der Waals surface area contributed by atoms with Crippen LogP contribution in [0.15, 0.2) is 36.8 Å². The van der Waals surface area contributed by atoms with Crippen LogP contribution in [0.4, 0.5) is 0 Å². The molecular formula is C10H15Cl3O. The first-order chi connectivity index (χ1) is 6.83. The lowest BCUT2D eigenvalue weighted by molar-refractivity contribution is 0.399. The van der Waals surface area contributed by atoms with Crippen molar-refractivity contribution in [2.45, 2.75) is 12.8 Å². The van der Waals surface area contributed by atoms with Gasteiger partial charge in [-0.05, 0) is 30.5 Å². The minimum atomic E-state index is 0.630. The largest absolute Gasteiger partial charge is 0.473 e. The molecule has 4 heteroatoms. The van der Waals surface area contributed by atoms with Crippen LogP contribution in [0.1, 0.15) is 12.8 Å². The summed E-state index contributed by atoms with van der Waals surface area (Å²) in [6.07, 6.45) is 8.66. The van der Waals surface area contributed by atoms with Crippen molar-refractivity contribution in [3.05, 3.63) is 36.8 Å². The van der Waals surface area contributed by atoms with Gasteiger partial charge in [0.1, 0.15) is 0 Å². The third-order valence-corrected chi connectivity index (χ3v) is 1.34. The van der Waals surface area contributed by atoms with E-state index in [1.54, 1.807) is 12.5 Å². The molecule has 0 saturated heterocycles. The summed E-state index contributed by atoms with van der Waals surface area (Å²) in [5.74, 6) is 1.26. The SMILES string of the molecule is C=CCl.ClCCC=COC=CCCCl. The van der Waals surface area contributed by atoms with Gasteiger partial charge in [-0.2, -0.15) is 0 Å². The molecule has 0 amide bonds. The number of halogens is 3. The first kappa shape index (κ1) is 16.3. The van der Waals surface area contributed by atoms with Gasteiger partial charge in [-0.3, -0.25) is 0 Å². The molecule has 0 heterocycles. The summed E-state index contributed by atoms with van der Waals surface area (Å²) in [6, 6.07) is 0. The second-order valence-corrected chi connectivity index (χ2v) is 3.05. The monoisotopic (exact) mass is 256 g/mol. The topological polar surface area (TPSA) is 9.23 Å². The molecule has 0 saturated carbocycles. The van der Waals surface area contributed by atoms with Crippen molar-refractivity contribution in [3.8, 4) is 0 Å². The minimum absolute atomic E-state index is 0.630. The van der Waals surface area contributed by atoms with Crippen LogP contribution in [0.5, 0.6) is 0 Å². The fourth-order valence-corrected chi connectivity index (χ4v) is 0.671. The molecular weight excluding hydrogens is 242 g/mol. The van der Waals surface area contributed by atoms with Gasteiger partial charge in [0.2, 0.25) is 0 Å². The van der Waals surface area contributed by atoms with Crippen molar-refractivity contribution >= 4 is 34.8 Å². The third-order valence-electron chi connectivity index (χ3n) is 0.901. The molecule has 14 heavy (non-hydrogen) atoms. The van der Waals surface area contributed by atoms with Crippen LogP contribution in [0.2, 0.25) is 0 Å². The van der Waals surface area contributed by atoms with E-state index in [0.29, 0.717) is 11.8 Å². The first-order valence-corrected chi connectivity index (χ1v) is 5.62. The predicted octanol–water partition coefficient (Wildman–Crippen LogP) is 4.66. The highest BCUT2D eigenvalue weighted by Gasteiger charge is 1.74. The summed E-state index contributed by atoms with van der Waals surface area (Å²) >= 11 is 15.6. The molecule has 0 aromatic carbocycles. The molecule has 0 aliphatic heterocycles. The molecule has 0 spiro atoms. The van der Waals surface area contributed by atoms with Crippen LogP contribution in [-0.2, 0) is 4.74 Å². The van der Waals surface area contributed by atoms with Gasteiger partial charge in [0.25, 0.3) is 0 Å². The smallest absolute Gasteiger partial charge is 0.0861 e. The maximum atomic E-state index is 5.42. The average molecular weight is 258 g/mol. The second-order valence-electron chi connectivity index (χ2n) is 1.99. The lowest BCUT2D eigenvalue weighted by Crippen LogP contribution is -1.70. The highest BCUT2D eigenvalue weighted by atomic mass is 35.5. The minimum Gasteiger partial charge on any atom is -0.473 e. The Hall–Kier alpha value is -0.110. The van der Waals surface area contributed by atoms with Gasteiger partial charge in [-0.25, -0.2) is 0 Å². The van der Waals surface area contributed by atoms with Crippen LogP contribution >= 0.6 is 34.8 Å². The number of hydrogen-bond acceptors (Lipinski definition) is 1. The predicted molar refractivity (Wildman–Crippen MR) is 66.1 cm³/mol. The highest BCUT2D eigenvalue weighted by Crippen LogP contribution is 1.90. The van der Waals surface area contributed by atoms with Gasteiger partial charge in [-0.15, -0.1) is 23.2 Å². The molecule has 0 fully saturated rings. The van der Waals surface area contributed by atoms with E-state index >= 15 is 0 Å². The van der Waals surface area contributed by atoms with Crippen molar-refractivity contribution in [3.63, 3.8) is 0 Å². The maximum absolute atomic E-state index is 5.42. The Bertz CT molecular complexity index is 141. The van der Waals surface area contributed by atoms with Crippen LogP contribution in [0, 0.1) is 0 Å². The van der Waals surface area contributed by atoms with Gasteiger partial charge in [-0.1, -0.05) is 18.2 Å². The summed E-state index contributed by atoms with van der Waals surface area (Å²) in [5, 5.41) is 0. The summed E-state index contributed by atoms with van der Waals surface area (Å²) in [5.41, 5.74) is 1.22. The zero-order chi connectivity index (χ0) is 11.1. The second kappa shape index (κ2) is 18.6. The Morgan fingerprint density at radius 2 is 1.36 bits per heavy atom. The standard InChI is InChI=1S/C8H12Cl2O.C2H3Cl/c9-5-1-3-7-11-8-4-2-6-10;1-2-3/h3-4,7-8H,1-2,5-6H2;2H,1H2. The molecule has 0 bridgehead atoms. The Balaban J connectivity index is 0. The lowest BCUT2D eigenvalue weighted by Gasteiger charge is -1.88. The van der Waals surface area contributed by atoms with E-state index < -0.39 is 0 Å². The van der Waals surface area contributed by atoms with E-state index in [-0.39, 0.29) is 0 Å². The van der Waals surface area contributed by atoms with E-state index in [4.69, 9.17) is 39.5 Å². The van der Waals surface area contributed by atoms with E-state index in [2.05, 4.69) is 6.58 Å². The average Bonchev–Trinajstić information content (AvgIpc) is 2.18. The number of allylic oxidation sites excluding steroid dienone is 2. The van der Waals surface area contributed by atoms with Crippen molar-refractivity contribution in [1.29, 1.82) is 0 Å². The fraction of sp³-hybridized carbons (Fsp3) is 0.400. The quantitative estimate of drug-likeness (QED) is 0.497. The third kappa shape index (κ3) is 22.7. The van der Waals surface area contributed by atoms with E-state index in [1.807, 2.05) is 12.2 Å². The van der Waals surface area contributed by atoms with Gasteiger partial charge in [0, 0.05) is 11.8 Å². The van der Waals surface area contributed by atoms with Gasteiger partial charge in [0.15, 0.2) is 0 Å². The van der Waals surface area contributed by atoms with Gasteiger partial charge >= 0.3 is 0 Å². The Morgan fingerprint density at radius 1 is 1.00 bits per heavy atom.